The van der Waals surface area contributed by atoms with Gasteiger partial charge in [-0.05, 0) is 80.0 Å². The monoisotopic (exact) mass is 464 g/mol. The molecule has 0 bridgehead atoms. The van der Waals surface area contributed by atoms with Crippen LogP contribution in [0.4, 0.5) is 0 Å². The molecule has 2 saturated heterocycles. The lowest BCUT2D eigenvalue weighted by atomic mass is 9.42. The second-order valence-electron chi connectivity index (χ2n) is 13.3. The standard InChI is InChI=1S/C27H44O6/c1-15-4-9-27(32-13-15)16(2)23-21(33-27)11-20-18-10-22(30)26(31)12-17(29)5-8-25(26,14-28)19(18)6-7-24(20,23)3/h15-23,28-31H,4-14H2,1-3H3/t15-,16+,17+,18-,19+,20+,21+,22-,23+,24+,25+,26+,27-/m1/s1. The summed E-state index contributed by atoms with van der Waals surface area (Å²) in [5.41, 5.74) is -1.99. The highest BCUT2D eigenvalue weighted by Gasteiger charge is 2.72. The van der Waals surface area contributed by atoms with Crippen LogP contribution in [0.5, 0.6) is 0 Å². The van der Waals surface area contributed by atoms with Gasteiger partial charge in [-0.1, -0.05) is 20.8 Å². The van der Waals surface area contributed by atoms with Crippen LogP contribution in [0.2, 0.25) is 0 Å². The van der Waals surface area contributed by atoms with Crippen LogP contribution in [0.3, 0.4) is 0 Å². The van der Waals surface area contributed by atoms with Crippen molar-refractivity contribution in [1.29, 1.82) is 0 Å². The Balaban J connectivity index is 1.31. The van der Waals surface area contributed by atoms with E-state index in [2.05, 4.69) is 20.8 Å². The van der Waals surface area contributed by atoms with Crippen LogP contribution < -0.4 is 0 Å². The van der Waals surface area contributed by atoms with Gasteiger partial charge in [0.05, 0.1) is 31.5 Å². The summed E-state index contributed by atoms with van der Waals surface area (Å²) in [5.74, 6) is 1.84. The summed E-state index contributed by atoms with van der Waals surface area (Å²) < 4.78 is 13.2. The first-order valence-corrected chi connectivity index (χ1v) is 13.6. The number of ether oxygens (including phenoxy) is 2. The summed E-state index contributed by atoms with van der Waals surface area (Å²) in [5, 5.41) is 44.0. The third kappa shape index (κ3) is 2.83. The smallest absolute Gasteiger partial charge is 0.171 e. The summed E-state index contributed by atoms with van der Waals surface area (Å²) in [6.07, 6.45) is 5.73. The molecule has 0 aromatic carbocycles. The lowest BCUT2D eigenvalue weighted by Crippen LogP contribution is -2.71. The van der Waals surface area contributed by atoms with E-state index in [1.54, 1.807) is 0 Å². The molecule has 188 valence electrons. The first kappa shape index (κ1) is 23.2. The van der Waals surface area contributed by atoms with Gasteiger partial charge in [0.25, 0.3) is 0 Å². The normalized spacial score (nSPS) is 62.5. The van der Waals surface area contributed by atoms with E-state index >= 15 is 0 Å². The van der Waals surface area contributed by atoms with Crippen molar-refractivity contribution in [3.05, 3.63) is 0 Å². The molecule has 0 unspecified atom stereocenters. The van der Waals surface area contributed by atoms with Crippen LogP contribution in [0.1, 0.15) is 78.6 Å². The Labute approximate surface area is 198 Å². The van der Waals surface area contributed by atoms with E-state index in [1.165, 1.54) is 0 Å². The topological polar surface area (TPSA) is 99.4 Å². The van der Waals surface area contributed by atoms with E-state index < -0.39 is 29.0 Å². The van der Waals surface area contributed by atoms with Gasteiger partial charge in [-0.25, -0.2) is 0 Å². The van der Waals surface area contributed by atoms with Crippen molar-refractivity contribution >= 4 is 0 Å². The van der Waals surface area contributed by atoms with Gasteiger partial charge in [-0.15, -0.1) is 0 Å². The second kappa shape index (κ2) is 7.39. The van der Waals surface area contributed by atoms with Crippen molar-refractivity contribution in [3.8, 4) is 0 Å². The first-order valence-electron chi connectivity index (χ1n) is 13.6. The molecule has 4 aliphatic carbocycles. The van der Waals surface area contributed by atoms with Gasteiger partial charge in [0.2, 0.25) is 0 Å². The number of rotatable bonds is 1. The second-order valence-corrected chi connectivity index (χ2v) is 13.3. The van der Waals surface area contributed by atoms with E-state index in [9.17, 15) is 20.4 Å². The Kier molecular flexibility index (Phi) is 5.19. The van der Waals surface area contributed by atoms with Crippen molar-refractivity contribution < 1.29 is 29.9 Å². The maximum Gasteiger partial charge on any atom is 0.171 e. The van der Waals surface area contributed by atoms with Gasteiger partial charge >= 0.3 is 0 Å². The minimum absolute atomic E-state index is 0.118. The molecular formula is C27H44O6. The fourth-order valence-electron chi connectivity index (χ4n) is 10.4. The Bertz CT molecular complexity index is 781. The minimum Gasteiger partial charge on any atom is -0.396 e. The maximum absolute atomic E-state index is 11.7. The van der Waals surface area contributed by atoms with Gasteiger partial charge in [-0.3, -0.25) is 0 Å². The molecule has 4 N–H and O–H groups in total. The molecule has 6 nitrogen and oxygen atoms in total. The number of aliphatic hydroxyl groups is 4. The van der Waals surface area contributed by atoms with Crippen molar-refractivity contribution in [2.75, 3.05) is 13.2 Å². The zero-order chi connectivity index (χ0) is 23.4. The van der Waals surface area contributed by atoms with E-state index in [1.807, 2.05) is 0 Å². The van der Waals surface area contributed by atoms with Crippen LogP contribution in [0.15, 0.2) is 0 Å². The van der Waals surface area contributed by atoms with Crippen LogP contribution >= 0.6 is 0 Å². The number of hydrogen-bond donors (Lipinski definition) is 4. The molecule has 6 rings (SSSR count). The van der Waals surface area contributed by atoms with Crippen LogP contribution in [-0.2, 0) is 9.47 Å². The van der Waals surface area contributed by atoms with Gasteiger partial charge in [-0.2, -0.15) is 0 Å². The molecule has 0 aromatic heterocycles. The number of hydrogen-bond acceptors (Lipinski definition) is 6. The van der Waals surface area contributed by atoms with E-state index in [0.29, 0.717) is 42.9 Å². The lowest BCUT2D eigenvalue weighted by molar-refractivity contribution is -0.287. The summed E-state index contributed by atoms with van der Waals surface area (Å²) in [6, 6.07) is 0. The van der Waals surface area contributed by atoms with E-state index in [-0.39, 0.29) is 36.4 Å². The van der Waals surface area contributed by atoms with Gasteiger partial charge in [0, 0.05) is 24.2 Å². The average Bonchev–Trinajstić information content (AvgIpc) is 3.22. The molecule has 1 spiro atoms. The van der Waals surface area contributed by atoms with Crippen molar-refractivity contribution in [2.24, 2.45) is 46.3 Å². The molecule has 4 saturated carbocycles. The fourth-order valence-corrected chi connectivity index (χ4v) is 10.4. The summed E-state index contributed by atoms with van der Waals surface area (Å²) >= 11 is 0. The van der Waals surface area contributed by atoms with Crippen molar-refractivity contribution in [1.82, 2.24) is 0 Å². The first-order chi connectivity index (χ1) is 15.6. The quantitative estimate of drug-likeness (QED) is 0.476. The predicted octanol–water partition coefficient (Wildman–Crippen LogP) is 2.85. The van der Waals surface area contributed by atoms with Crippen LogP contribution in [0.25, 0.3) is 0 Å². The highest BCUT2D eigenvalue weighted by Crippen LogP contribution is 2.71. The molecule has 0 aromatic rings. The summed E-state index contributed by atoms with van der Waals surface area (Å²) in [7, 11) is 0. The maximum atomic E-state index is 11.7. The van der Waals surface area contributed by atoms with Gasteiger partial charge in [0.1, 0.15) is 5.60 Å². The summed E-state index contributed by atoms with van der Waals surface area (Å²) in [4.78, 5) is 0. The Hall–Kier alpha value is -0.240. The Morgan fingerprint density at radius 3 is 2.45 bits per heavy atom. The lowest BCUT2D eigenvalue weighted by Gasteiger charge is -2.65. The molecule has 6 fully saturated rings. The molecule has 6 heteroatoms. The highest BCUT2D eigenvalue weighted by atomic mass is 16.7. The van der Waals surface area contributed by atoms with E-state index in [4.69, 9.17) is 9.47 Å². The average molecular weight is 465 g/mol. The van der Waals surface area contributed by atoms with Gasteiger partial charge in [0.15, 0.2) is 5.79 Å². The predicted molar refractivity (Wildman–Crippen MR) is 122 cm³/mol. The molecule has 2 aliphatic heterocycles. The van der Waals surface area contributed by atoms with Crippen molar-refractivity contribution in [2.45, 2.75) is 108 Å². The fraction of sp³-hybridized carbons (Fsp3) is 1.00. The Morgan fingerprint density at radius 2 is 1.76 bits per heavy atom. The largest absolute Gasteiger partial charge is 0.396 e. The Morgan fingerprint density at radius 1 is 0.970 bits per heavy atom. The molecule has 33 heavy (non-hydrogen) atoms. The van der Waals surface area contributed by atoms with E-state index in [0.717, 1.165) is 38.7 Å². The third-order valence-corrected chi connectivity index (χ3v) is 12.1. The molecule has 0 amide bonds. The minimum atomic E-state index is -1.40. The summed E-state index contributed by atoms with van der Waals surface area (Å²) in [6.45, 7) is 7.71. The molecule has 2 heterocycles. The number of fused-ring (bicyclic) bond motifs is 7. The zero-order valence-corrected chi connectivity index (χ0v) is 20.6. The number of aliphatic hydroxyl groups excluding tert-OH is 3. The van der Waals surface area contributed by atoms with Crippen LogP contribution in [0, 0.1) is 46.3 Å². The molecule has 6 aliphatic rings. The molecule has 0 radical (unpaired) electrons. The highest BCUT2D eigenvalue weighted by molar-refractivity contribution is 5.20. The zero-order valence-electron chi connectivity index (χ0n) is 20.6. The molecule has 13 atom stereocenters. The van der Waals surface area contributed by atoms with Crippen molar-refractivity contribution in [3.63, 3.8) is 0 Å². The molecular weight excluding hydrogens is 420 g/mol. The van der Waals surface area contributed by atoms with Crippen LogP contribution in [-0.4, -0.2) is 63.3 Å². The third-order valence-electron chi connectivity index (χ3n) is 12.1. The van der Waals surface area contributed by atoms with Gasteiger partial charge < -0.3 is 29.9 Å². The SMILES string of the molecule is C[C@@H]1CC[C@@]2(OC1)O[C@H]1C[C@H]3[C@@H]4C[C@@H](O)[C@@]5(O)C[C@@H](O)CC[C@]5(CO)[C@H]4CC[C@]3(C)[C@H]1[C@@H]2C.